The Morgan fingerprint density at radius 2 is 1.77 bits per heavy atom. The Labute approximate surface area is 180 Å². The van der Waals surface area contributed by atoms with E-state index in [1.165, 1.54) is 10.3 Å². The lowest BCUT2D eigenvalue weighted by atomic mass is 9.99. The molecule has 1 aromatic heterocycles. The van der Waals surface area contributed by atoms with Crippen LogP contribution in [-0.4, -0.2) is 17.5 Å². The molecule has 4 rings (SSSR count). The van der Waals surface area contributed by atoms with Crippen molar-refractivity contribution >= 4 is 33.1 Å². The van der Waals surface area contributed by atoms with Crippen LogP contribution in [-0.2, 0) is 4.79 Å². The van der Waals surface area contributed by atoms with Crippen molar-refractivity contribution in [2.45, 2.75) is 26.2 Å². The molecule has 0 saturated carbocycles. The Morgan fingerprint density at radius 1 is 1.03 bits per heavy atom. The van der Waals surface area contributed by atoms with Crippen molar-refractivity contribution in [2.24, 2.45) is 0 Å². The lowest BCUT2D eigenvalue weighted by Crippen LogP contribution is -2.20. The lowest BCUT2D eigenvalue weighted by molar-refractivity contribution is -0.118. The first kappa shape index (κ1) is 20.1. The van der Waals surface area contributed by atoms with Crippen molar-refractivity contribution in [2.75, 3.05) is 11.9 Å². The number of fused-ring (bicyclic) bond motifs is 1. The lowest BCUT2D eigenvalue weighted by Gasteiger charge is -2.11. The standard InChI is InChI=1S/C25H24N2O2S/c1-3-17(2)18-10-14-21(15-11-18)29-16-24(28)26-20-12-8-19(9-13-20)25-27-22-6-4-5-7-23(22)30-25/h4-15,17H,3,16H2,1-2H3,(H,26,28). The molecule has 0 aliphatic heterocycles. The fourth-order valence-electron chi connectivity index (χ4n) is 3.17. The van der Waals surface area contributed by atoms with Gasteiger partial charge in [-0.3, -0.25) is 4.79 Å². The van der Waals surface area contributed by atoms with Gasteiger partial charge in [-0.2, -0.15) is 0 Å². The summed E-state index contributed by atoms with van der Waals surface area (Å²) in [5.74, 6) is 1.03. The number of thiazole rings is 1. The van der Waals surface area contributed by atoms with Crippen molar-refractivity contribution in [1.29, 1.82) is 0 Å². The van der Waals surface area contributed by atoms with E-state index in [1.54, 1.807) is 11.3 Å². The highest BCUT2D eigenvalue weighted by atomic mass is 32.1. The Hall–Kier alpha value is -3.18. The van der Waals surface area contributed by atoms with Crippen LogP contribution in [0.3, 0.4) is 0 Å². The van der Waals surface area contributed by atoms with Gasteiger partial charge in [-0.05, 0) is 66.4 Å². The van der Waals surface area contributed by atoms with E-state index in [1.807, 2.05) is 54.6 Å². The third-order valence-corrected chi connectivity index (χ3v) is 6.23. The number of anilines is 1. The maximum Gasteiger partial charge on any atom is 0.262 e. The van der Waals surface area contributed by atoms with Gasteiger partial charge in [0.15, 0.2) is 6.61 Å². The highest BCUT2D eigenvalue weighted by molar-refractivity contribution is 7.21. The number of ether oxygens (including phenoxy) is 1. The molecule has 0 aliphatic rings. The molecular formula is C25H24N2O2S. The van der Waals surface area contributed by atoms with E-state index < -0.39 is 0 Å². The van der Waals surface area contributed by atoms with E-state index in [2.05, 4.69) is 42.3 Å². The molecule has 0 saturated heterocycles. The molecule has 0 fully saturated rings. The number of amides is 1. The van der Waals surface area contributed by atoms with E-state index in [0.29, 0.717) is 11.7 Å². The Balaban J connectivity index is 1.33. The third-order valence-electron chi connectivity index (χ3n) is 5.14. The molecule has 30 heavy (non-hydrogen) atoms. The van der Waals surface area contributed by atoms with Gasteiger partial charge in [0.05, 0.1) is 10.2 Å². The topological polar surface area (TPSA) is 51.2 Å². The number of rotatable bonds is 7. The van der Waals surface area contributed by atoms with Crippen molar-refractivity contribution in [3.63, 3.8) is 0 Å². The average molecular weight is 417 g/mol. The molecule has 1 atom stereocenters. The number of nitrogens with one attached hydrogen (secondary N) is 1. The Morgan fingerprint density at radius 3 is 2.47 bits per heavy atom. The maximum atomic E-state index is 12.2. The zero-order valence-corrected chi connectivity index (χ0v) is 17.9. The summed E-state index contributed by atoms with van der Waals surface area (Å²) in [6, 6.07) is 23.8. The summed E-state index contributed by atoms with van der Waals surface area (Å²) in [6.45, 7) is 4.35. The van der Waals surface area contributed by atoms with E-state index in [9.17, 15) is 4.79 Å². The monoisotopic (exact) mass is 416 g/mol. The SMILES string of the molecule is CCC(C)c1ccc(OCC(=O)Nc2ccc(-c3nc4ccccc4s3)cc2)cc1. The zero-order chi connectivity index (χ0) is 20.9. The molecule has 1 heterocycles. The number of para-hydroxylation sites is 1. The van der Waals surface area contributed by atoms with Crippen LogP contribution >= 0.6 is 11.3 Å². The van der Waals surface area contributed by atoms with Crippen LogP contribution < -0.4 is 10.1 Å². The molecule has 0 spiro atoms. The van der Waals surface area contributed by atoms with Crippen LogP contribution in [0.15, 0.2) is 72.8 Å². The molecular weight excluding hydrogens is 392 g/mol. The number of nitrogens with zero attached hydrogens (tertiary/aromatic N) is 1. The minimum absolute atomic E-state index is 0.0255. The van der Waals surface area contributed by atoms with Gasteiger partial charge in [0.25, 0.3) is 5.91 Å². The van der Waals surface area contributed by atoms with Crippen molar-refractivity contribution < 1.29 is 9.53 Å². The first-order chi connectivity index (χ1) is 14.6. The van der Waals surface area contributed by atoms with Crippen LogP contribution in [0, 0.1) is 0 Å². The fourth-order valence-corrected chi connectivity index (χ4v) is 4.14. The predicted octanol–water partition coefficient (Wildman–Crippen LogP) is 6.49. The summed E-state index contributed by atoms with van der Waals surface area (Å²) in [5.41, 5.74) is 4.05. The van der Waals surface area contributed by atoms with Crippen molar-refractivity contribution in [1.82, 2.24) is 4.98 Å². The van der Waals surface area contributed by atoms with E-state index in [4.69, 9.17) is 4.74 Å². The number of carbonyl (C=O) groups is 1. The van der Waals surface area contributed by atoms with Gasteiger partial charge in [-0.25, -0.2) is 4.98 Å². The predicted molar refractivity (Wildman–Crippen MR) is 124 cm³/mol. The number of hydrogen-bond donors (Lipinski definition) is 1. The molecule has 0 radical (unpaired) electrons. The summed E-state index contributed by atoms with van der Waals surface area (Å²) in [7, 11) is 0. The quantitative estimate of drug-likeness (QED) is 0.374. The number of benzene rings is 3. The second kappa shape index (κ2) is 9.09. The molecule has 1 unspecified atom stereocenters. The Bertz CT molecular complexity index is 1100. The second-order valence-corrected chi connectivity index (χ2v) is 8.31. The molecule has 0 bridgehead atoms. The maximum absolute atomic E-state index is 12.2. The molecule has 5 heteroatoms. The number of hydrogen-bond acceptors (Lipinski definition) is 4. The van der Waals surface area contributed by atoms with Gasteiger partial charge in [-0.15, -0.1) is 11.3 Å². The molecule has 152 valence electrons. The first-order valence-electron chi connectivity index (χ1n) is 10.1. The fraction of sp³-hybridized carbons (Fsp3) is 0.200. The first-order valence-corrected chi connectivity index (χ1v) is 10.9. The summed E-state index contributed by atoms with van der Waals surface area (Å²) in [4.78, 5) is 16.9. The van der Waals surface area contributed by atoms with E-state index in [0.717, 1.165) is 28.2 Å². The van der Waals surface area contributed by atoms with Crippen molar-refractivity contribution in [3.05, 3.63) is 78.4 Å². The minimum Gasteiger partial charge on any atom is -0.484 e. The largest absolute Gasteiger partial charge is 0.484 e. The zero-order valence-electron chi connectivity index (χ0n) is 17.1. The average Bonchev–Trinajstić information content (AvgIpc) is 3.22. The third kappa shape index (κ3) is 4.69. The molecule has 1 amide bonds. The highest BCUT2D eigenvalue weighted by Crippen LogP contribution is 2.30. The van der Waals surface area contributed by atoms with Crippen LogP contribution in [0.5, 0.6) is 5.75 Å². The van der Waals surface area contributed by atoms with Crippen LogP contribution in [0.2, 0.25) is 0 Å². The number of carbonyl (C=O) groups excluding carboxylic acids is 1. The molecule has 3 aromatic carbocycles. The van der Waals surface area contributed by atoms with Gasteiger partial charge in [0.2, 0.25) is 0 Å². The van der Waals surface area contributed by atoms with Crippen LogP contribution in [0.4, 0.5) is 5.69 Å². The summed E-state index contributed by atoms with van der Waals surface area (Å²) < 4.78 is 6.78. The summed E-state index contributed by atoms with van der Waals surface area (Å²) in [5, 5.41) is 3.85. The van der Waals surface area contributed by atoms with Gasteiger partial charge in [0.1, 0.15) is 10.8 Å². The van der Waals surface area contributed by atoms with E-state index >= 15 is 0 Å². The summed E-state index contributed by atoms with van der Waals surface area (Å²) in [6.07, 6.45) is 1.10. The van der Waals surface area contributed by atoms with Gasteiger partial charge in [0, 0.05) is 11.3 Å². The van der Waals surface area contributed by atoms with Gasteiger partial charge < -0.3 is 10.1 Å². The minimum atomic E-state index is -0.186. The summed E-state index contributed by atoms with van der Waals surface area (Å²) >= 11 is 1.66. The van der Waals surface area contributed by atoms with Crippen molar-refractivity contribution in [3.8, 4) is 16.3 Å². The molecule has 4 aromatic rings. The van der Waals surface area contributed by atoms with Gasteiger partial charge in [-0.1, -0.05) is 38.1 Å². The molecule has 1 N–H and O–H groups in total. The van der Waals surface area contributed by atoms with Crippen LogP contribution in [0.1, 0.15) is 31.7 Å². The smallest absolute Gasteiger partial charge is 0.262 e. The molecule has 4 nitrogen and oxygen atoms in total. The van der Waals surface area contributed by atoms with E-state index in [-0.39, 0.29) is 12.5 Å². The Kier molecular flexibility index (Phi) is 6.10. The number of aromatic nitrogens is 1. The normalized spacial score (nSPS) is 11.9. The highest BCUT2D eigenvalue weighted by Gasteiger charge is 2.08. The molecule has 0 aliphatic carbocycles. The van der Waals surface area contributed by atoms with Gasteiger partial charge >= 0.3 is 0 Å². The second-order valence-electron chi connectivity index (χ2n) is 7.28. The van der Waals surface area contributed by atoms with Crippen LogP contribution in [0.25, 0.3) is 20.8 Å².